The van der Waals surface area contributed by atoms with Crippen LogP contribution < -0.4 is 5.32 Å². The fourth-order valence-corrected chi connectivity index (χ4v) is 3.36. The molecule has 1 atom stereocenters. The number of likely N-dealkylation sites (tertiary alicyclic amines) is 1. The van der Waals surface area contributed by atoms with E-state index in [2.05, 4.69) is 46.1 Å². The number of aromatic nitrogens is 2. The summed E-state index contributed by atoms with van der Waals surface area (Å²) in [5.74, 6) is 1.61. The molecule has 2 heterocycles. The lowest BCUT2D eigenvalue weighted by Crippen LogP contribution is -2.38. The van der Waals surface area contributed by atoms with E-state index in [0.29, 0.717) is 12.5 Å². The first kappa shape index (κ1) is 16.6. The molecular weight excluding hydrogens is 300 g/mol. The molecule has 0 spiro atoms. The Bertz CT molecular complexity index is 680. The Hall–Kier alpha value is -2.30. The molecule has 5 heteroatoms. The van der Waals surface area contributed by atoms with Gasteiger partial charge in [0.25, 0.3) is 0 Å². The summed E-state index contributed by atoms with van der Waals surface area (Å²) >= 11 is 0. The second kappa shape index (κ2) is 7.51. The molecule has 3 rings (SSSR count). The SMILES string of the molecule is CCNC(=O)N1CCC(Cc2ncc(C)n2Cc2ccccc2)C1. The lowest BCUT2D eigenvalue weighted by atomic mass is 10.0. The fraction of sp³-hybridized carbons (Fsp3) is 0.474. The number of hydrogen-bond donors (Lipinski definition) is 1. The van der Waals surface area contributed by atoms with Crippen molar-refractivity contribution in [2.24, 2.45) is 5.92 Å². The summed E-state index contributed by atoms with van der Waals surface area (Å²) in [4.78, 5) is 18.5. The fourth-order valence-electron chi connectivity index (χ4n) is 3.36. The predicted molar refractivity (Wildman–Crippen MR) is 95.0 cm³/mol. The van der Waals surface area contributed by atoms with Gasteiger partial charge in [0.1, 0.15) is 5.82 Å². The maximum Gasteiger partial charge on any atom is 0.317 e. The van der Waals surface area contributed by atoms with Crippen molar-refractivity contribution in [2.75, 3.05) is 19.6 Å². The van der Waals surface area contributed by atoms with Gasteiger partial charge in [-0.05, 0) is 31.7 Å². The summed E-state index contributed by atoms with van der Waals surface area (Å²) in [5, 5.41) is 2.89. The molecule has 5 nitrogen and oxygen atoms in total. The van der Waals surface area contributed by atoms with Crippen LogP contribution in [0.5, 0.6) is 0 Å². The summed E-state index contributed by atoms with van der Waals surface area (Å²) in [6, 6.07) is 10.5. The van der Waals surface area contributed by atoms with Crippen LogP contribution in [-0.4, -0.2) is 40.1 Å². The van der Waals surface area contributed by atoms with Crippen molar-refractivity contribution in [2.45, 2.75) is 33.2 Å². The van der Waals surface area contributed by atoms with Gasteiger partial charge in [0.15, 0.2) is 0 Å². The first-order valence-electron chi connectivity index (χ1n) is 8.75. The van der Waals surface area contributed by atoms with E-state index in [9.17, 15) is 4.79 Å². The molecular formula is C19H26N4O. The molecule has 1 saturated heterocycles. The van der Waals surface area contributed by atoms with Gasteiger partial charge < -0.3 is 14.8 Å². The number of nitrogens with zero attached hydrogens (tertiary/aromatic N) is 3. The van der Waals surface area contributed by atoms with Crippen LogP contribution in [0, 0.1) is 12.8 Å². The molecule has 1 aromatic carbocycles. The molecule has 1 aliphatic heterocycles. The average Bonchev–Trinajstić information content (AvgIpc) is 3.18. The Morgan fingerprint density at radius 1 is 1.33 bits per heavy atom. The van der Waals surface area contributed by atoms with Gasteiger partial charge >= 0.3 is 6.03 Å². The van der Waals surface area contributed by atoms with E-state index < -0.39 is 0 Å². The van der Waals surface area contributed by atoms with Crippen LogP contribution in [0.2, 0.25) is 0 Å². The maximum atomic E-state index is 11.9. The van der Waals surface area contributed by atoms with E-state index >= 15 is 0 Å². The highest BCUT2D eigenvalue weighted by molar-refractivity contribution is 5.74. The second-order valence-electron chi connectivity index (χ2n) is 6.53. The van der Waals surface area contributed by atoms with Gasteiger partial charge in [-0.3, -0.25) is 0 Å². The maximum absolute atomic E-state index is 11.9. The highest BCUT2D eigenvalue weighted by Gasteiger charge is 2.27. The number of imidazole rings is 1. The predicted octanol–water partition coefficient (Wildman–Crippen LogP) is 2.83. The molecule has 1 N–H and O–H groups in total. The second-order valence-corrected chi connectivity index (χ2v) is 6.53. The molecule has 1 unspecified atom stereocenters. The van der Waals surface area contributed by atoms with Gasteiger partial charge in [-0.25, -0.2) is 9.78 Å². The van der Waals surface area contributed by atoms with Gasteiger partial charge in [0, 0.05) is 44.5 Å². The van der Waals surface area contributed by atoms with E-state index in [1.54, 1.807) is 0 Å². The molecule has 1 aromatic heterocycles. The highest BCUT2D eigenvalue weighted by atomic mass is 16.2. The molecule has 0 aliphatic carbocycles. The number of amides is 2. The summed E-state index contributed by atoms with van der Waals surface area (Å²) in [6.45, 7) is 7.26. The van der Waals surface area contributed by atoms with E-state index in [0.717, 1.165) is 38.3 Å². The van der Waals surface area contributed by atoms with Crippen LogP contribution in [0.3, 0.4) is 0 Å². The zero-order chi connectivity index (χ0) is 16.9. The topological polar surface area (TPSA) is 50.2 Å². The number of nitrogens with one attached hydrogen (secondary N) is 1. The minimum Gasteiger partial charge on any atom is -0.338 e. The molecule has 24 heavy (non-hydrogen) atoms. The monoisotopic (exact) mass is 326 g/mol. The van der Waals surface area contributed by atoms with E-state index in [1.165, 1.54) is 11.3 Å². The molecule has 0 radical (unpaired) electrons. The Kier molecular flexibility index (Phi) is 5.18. The van der Waals surface area contributed by atoms with Crippen LogP contribution in [0.1, 0.15) is 30.4 Å². The summed E-state index contributed by atoms with van der Waals surface area (Å²) in [7, 11) is 0. The zero-order valence-electron chi connectivity index (χ0n) is 14.5. The van der Waals surface area contributed by atoms with Gasteiger partial charge in [-0.15, -0.1) is 0 Å². The minimum atomic E-state index is 0.0591. The lowest BCUT2D eigenvalue weighted by Gasteiger charge is -2.17. The Morgan fingerprint density at radius 2 is 2.12 bits per heavy atom. The Labute approximate surface area is 143 Å². The smallest absolute Gasteiger partial charge is 0.317 e. The minimum absolute atomic E-state index is 0.0591. The number of benzene rings is 1. The summed E-state index contributed by atoms with van der Waals surface area (Å²) in [5.41, 5.74) is 2.47. The van der Waals surface area contributed by atoms with Crippen molar-refractivity contribution in [1.82, 2.24) is 19.8 Å². The highest BCUT2D eigenvalue weighted by Crippen LogP contribution is 2.21. The number of hydrogen-bond acceptors (Lipinski definition) is 2. The quantitative estimate of drug-likeness (QED) is 0.918. The van der Waals surface area contributed by atoms with Crippen molar-refractivity contribution in [3.63, 3.8) is 0 Å². The van der Waals surface area contributed by atoms with Crippen molar-refractivity contribution in [1.29, 1.82) is 0 Å². The molecule has 128 valence electrons. The van der Waals surface area contributed by atoms with Gasteiger partial charge in [0.2, 0.25) is 0 Å². The number of carbonyl (C=O) groups is 1. The Balaban J connectivity index is 1.65. The third-order valence-corrected chi connectivity index (χ3v) is 4.69. The number of carbonyl (C=O) groups excluding carboxylic acids is 1. The lowest BCUT2D eigenvalue weighted by molar-refractivity contribution is 0.207. The van der Waals surface area contributed by atoms with Crippen molar-refractivity contribution in [3.8, 4) is 0 Å². The molecule has 2 aromatic rings. The van der Waals surface area contributed by atoms with Crippen LogP contribution in [-0.2, 0) is 13.0 Å². The van der Waals surface area contributed by atoms with E-state index in [-0.39, 0.29) is 6.03 Å². The standard InChI is InChI=1S/C19H26N4O/c1-3-20-19(24)22-10-9-17(13-22)11-18-21-12-15(2)23(18)14-16-7-5-4-6-8-16/h4-8,12,17H,3,9-11,13-14H2,1-2H3,(H,20,24). The number of urea groups is 1. The molecule has 1 aliphatic rings. The van der Waals surface area contributed by atoms with Gasteiger partial charge in [0.05, 0.1) is 0 Å². The first-order valence-corrected chi connectivity index (χ1v) is 8.75. The van der Waals surface area contributed by atoms with Crippen LogP contribution in [0.25, 0.3) is 0 Å². The van der Waals surface area contributed by atoms with Crippen molar-refractivity contribution in [3.05, 3.63) is 53.6 Å². The number of rotatable bonds is 5. The zero-order valence-corrected chi connectivity index (χ0v) is 14.5. The molecule has 0 saturated carbocycles. The van der Waals surface area contributed by atoms with E-state index in [4.69, 9.17) is 0 Å². The summed E-state index contributed by atoms with van der Waals surface area (Å²) < 4.78 is 2.30. The number of aryl methyl sites for hydroxylation is 1. The van der Waals surface area contributed by atoms with Gasteiger partial charge in [-0.2, -0.15) is 0 Å². The third-order valence-electron chi connectivity index (χ3n) is 4.69. The van der Waals surface area contributed by atoms with Crippen molar-refractivity contribution >= 4 is 6.03 Å². The third kappa shape index (κ3) is 3.78. The molecule has 0 bridgehead atoms. The van der Waals surface area contributed by atoms with Crippen molar-refractivity contribution < 1.29 is 4.79 Å². The molecule has 1 fully saturated rings. The van der Waals surface area contributed by atoms with E-state index in [1.807, 2.05) is 24.1 Å². The van der Waals surface area contributed by atoms with Crippen LogP contribution >= 0.6 is 0 Å². The normalized spacial score (nSPS) is 17.2. The van der Waals surface area contributed by atoms with Crippen LogP contribution in [0.4, 0.5) is 4.79 Å². The Morgan fingerprint density at radius 3 is 2.88 bits per heavy atom. The first-order chi connectivity index (χ1) is 11.7. The largest absolute Gasteiger partial charge is 0.338 e. The molecule has 2 amide bonds. The van der Waals surface area contributed by atoms with Crippen LogP contribution in [0.15, 0.2) is 36.5 Å². The van der Waals surface area contributed by atoms with Gasteiger partial charge in [-0.1, -0.05) is 30.3 Å². The average molecular weight is 326 g/mol. The summed E-state index contributed by atoms with van der Waals surface area (Å²) in [6.07, 6.45) is 3.93.